The molecule has 0 bridgehead atoms. The first kappa shape index (κ1) is 18.8. The second-order valence-electron chi connectivity index (χ2n) is 4.90. The van der Waals surface area contributed by atoms with E-state index in [1.54, 1.807) is 18.2 Å². The van der Waals surface area contributed by atoms with Gasteiger partial charge in [0, 0.05) is 17.7 Å². The SMILES string of the molecule is CNS(=O)(=O)c1ccc(C(=O)NCc2ccccc2OC(F)F)cc1. The van der Waals surface area contributed by atoms with Gasteiger partial charge in [-0.3, -0.25) is 4.79 Å². The van der Waals surface area contributed by atoms with Gasteiger partial charge in [-0.2, -0.15) is 8.78 Å². The number of ether oxygens (including phenoxy) is 1. The van der Waals surface area contributed by atoms with Crippen LogP contribution >= 0.6 is 0 Å². The maximum absolute atomic E-state index is 12.4. The summed E-state index contributed by atoms with van der Waals surface area (Å²) in [6, 6.07) is 11.4. The van der Waals surface area contributed by atoms with Gasteiger partial charge in [-0.1, -0.05) is 18.2 Å². The highest BCUT2D eigenvalue weighted by Gasteiger charge is 2.14. The molecule has 134 valence electrons. The van der Waals surface area contributed by atoms with E-state index in [1.165, 1.54) is 37.4 Å². The monoisotopic (exact) mass is 370 g/mol. The summed E-state index contributed by atoms with van der Waals surface area (Å²) in [5.41, 5.74) is 0.632. The van der Waals surface area contributed by atoms with Crippen molar-refractivity contribution in [1.29, 1.82) is 0 Å². The third kappa shape index (κ3) is 4.97. The second kappa shape index (κ2) is 8.04. The zero-order valence-electron chi connectivity index (χ0n) is 13.2. The molecule has 0 saturated heterocycles. The van der Waals surface area contributed by atoms with Crippen molar-refractivity contribution in [3.05, 3.63) is 59.7 Å². The molecule has 25 heavy (non-hydrogen) atoms. The van der Waals surface area contributed by atoms with Gasteiger partial charge in [0.1, 0.15) is 5.75 Å². The average molecular weight is 370 g/mol. The molecule has 0 unspecified atom stereocenters. The maximum Gasteiger partial charge on any atom is 0.387 e. The van der Waals surface area contributed by atoms with Crippen LogP contribution in [-0.4, -0.2) is 28.0 Å². The zero-order valence-corrected chi connectivity index (χ0v) is 14.0. The van der Waals surface area contributed by atoms with Crippen molar-refractivity contribution in [2.75, 3.05) is 7.05 Å². The van der Waals surface area contributed by atoms with Gasteiger partial charge in [-0.25, -0.2) is 13.1 Å². The molecule has 2 aromatic carbocycles. The van der Waals surface area contributed by atoms with E-state index < -0.39 is 22.5 Å². The summed E-state index contributed by atoms with van der Waals surface area (Å²) < 4.78 is 54.6. The first-order valence-corrected chi connectivity index (χ1v) is 8.66. The van der Waals surface area contributed by atoms with Gasteiger partial charge in [0.05, 0.1) is 4.90 Å². The van der Waals surface area contributed by atoms with E-state index in [1.807, 2.05) is 0 Å². The Morgan fingerprint density at radius 1 is 1.12 bits per heavy atom. The van der Waals surface area contributed by atoms with Crippen LogP contribution in [0.3, 0.4) is 0 Å². The Hall–Kier alpha value is -2.52. The second-order valence-corrected chi connectivity index (χ2v) is 6.79. The lowest BCUT2D eigenvalue weighted by atomic mass is 10.2. The number of hydrogen-bond donors (Lipinski definition) is 2. The van der Waals surface area contributed by atoms with E-state index in [2.05, 4.69) is 14.8 Å². The lowest BCUT2D eigenvalue weighted by Gasteiger charge is -2.11. The number of amides is 1. The molecule has 0 fully saturated rings. The maximum atomic E-state index is 12.4. The van der Waals surface area contributed by atoms with Gasteiger partial charge in [0.15, 0.2) is 0 Å². The smallest absolute Gasteiger partial charge is 0.387 e. The first-order valence-electron chi connectivity index (χ1n) is 7.18. The first-order chi connectivity index (χ1) is 11.8. The Labute approximate surface area is 143 Å². The van der Waals surface area contributed by atoms with Crippen LogP contribution in [0.15, 0.2) is 53.4 Å². The standard InChI is InChI=1S/C16H16F2N2O4S/c1-19-25(22,23)13-8-6-11(7-9-13)15(21)20-10-12-4-2-3-5-14(12)24-16(17)18/h2-9,16,19H,10H2,1H3,(H,20,21). The van der Waals surface area contributed by atoms with Crippen LogP contribution in [0.25, 0.3) is 0 Å². The number of halogens is 2. The van der Waals surface area contributed by atoms with Crippen LogP contribution in [0.1, 0.15) is 15.9 Å². The highest BCUT2D eigenvalue weighted by molar-refractivity contribution is 7.89. The van der Waals surface area contributed by atoms with E-state index in [0.29, 0.717) is 5.56 Å². The number of carbonyl (C=O) groups excluding carboxylic acids is 1. The number of hydrogen-bond acceptors (Lipinski definition) is 4. The predicted molar refractivity (Wildman–Crippen MR) is 86.9 cm³/mol. The van der Waals surface area contributed by atoms with Crippen LogP contribution in [0.4, 0.5) is 8.78 Å². The summed E-state index contributed by atoms with van der Waals surface area (Å²) in [5, 5.41) is 2.57. The molecule has 1 amide bonds. The number of rotatable bonds is 7. The Morgan fingerprint density at radius 2 is 1.76 bits per heavy atom. The van der Waals surface area contributed by atoms with Crippen LogP contribution in [0.5, 0.6) is 5.75 Å². The number of benzene rings is 2. The van der Waals surface area contributed by atoms with Gasteiger partial charge in [0.2, 0.25) is 10.0 Å². The third-order valence-electron chi connectivity index (χ3n) is 3.32. The van der Waals surface area contributed by atoms with Crippen molar-refractivity contribution in [3.8, 4) is 5.75 Å². The molecule has 2 rings (SSSR count). The van der Waals surface area contributed by atoms with E-state index in [9.17, 15) is 22.0 Å². The Morgan fingerprint density at radius 3 is 2.36 bits per heavy atom. The molecule has 0 aliphatic heterocycles. The molecule has 2 N–H and O–H groups in total. The Bertz CT molecular complexity index is 839. The van der Waals surface area contributed by atoms with Crippen molar-refractivity contribution in [2.24, 2.45) is 0 Å². The quantitative estimate of drug-likeness (QED) is 0.782. The van der Waals surface area contributed by atoms with Crippen LogP contribution in [0.2, 0.25) is 0 Å². The van der Waals surface area contributed by atoms with Gasteiger partial charge in [0.25, 0.3) is 5.91 Å². The van der Waals surface area contributed by atoms with Crippen molar-refractivity contribution in [1.82, 2.24) is 10.0 Å². The lowest BCUT2D eigenvalue weighted by molar-refractivity contribution is -0.0504. The molecule has 0 spiro atoms. The van der Waals surface area contributed by atoms with E-state index in [4.69, 9.17) is 0 Å². The zero-order chi connectivity index (χ0) is 18.4. The number of nitrogens with one attached hydrogen (secondary N) is 2. The summed E-state index contributed by atoms with van der Waals surface area (Å²) in [5.74, 6) is -0.492. The van der Waals surface area contributed by atoms with Crippen LogP contribution < -0.4 is 14.8 Å². The lowest BCUT2D eigenvalue weighted by Crippen LogP contribution is -2.23. The minimum atomic E-state index is -3.58. The Balaban J connectivity index is 2.06. The van der Waals surface area contributed by atoms with Crippen LogP contribution in [-0.2, 0) is 16.6 Å². The molecule has 2 aromatic rings. The molecule has 0 radical (unpaired) electrons. The van der Waals surface area contributed by atoms with Crippen molar-refractivity contribution in [3.63, 3.8) is 0 Å². The summed E-state index contributed by atoms with van der Waals surface area (Å²) in [7, 11) is -2.30. The Kier molecular flexibility index (Phi) is 6.05. The number of carbonyl (C=O) groups is 1. The molecule has 0 aromatic heterocycles. The highest BCUT2D eigenvalue weighted by atomic mass is 32.2. The summed E-state index contributed by atoms with van der Waals surface area (Å²) in [4.78, 5) is 12.1. The summed E-state index contributed by atoms with van der Waals surface area (Å²) in [6.07, 6.45) is 0. The van der Waals surface area contributed by atoms with Crippen molar-refractivity contribution in [2.45, 2.75) is 18.1 Å². The number of sulfonamides is 1. The molecule has 0 aliphatic carbocycles. The number of alkyl halides is 2. The summed E-state index contributed by atoms with van der Waals surface area (Å²) >= 11 is 0. The molecule has 0 saturated carbocycles. The fourth-order valence-electron chi connectivity index (χ4n) is 2.04. The normalized spacial score (nSPS) is 11.4. The fraction of sp³-hybridized carbons (Fsp3) is 0.188. The van der Waals surface area contributed by atoms with Crippen LogP contribution in [0, 0.1) is 0 Å². The van der Waals surface area contributed by atoms with E-state index >= 15 is 0 Å². The third-order valence-corrected chi connectivity index (χ3v) is 4.75. The van der Waals surface area contributed by atoms with Gasteiger partial charge in [-0.15, -0.1) is 0 Å². The predicted octanol–water partition coefficient (Wildman–Crippen LogP) is 2.13. The van der Waals surface area contributed by atoms with Gasteiger partial charge < -0.3 is 10.1 Å². The highest BCUT2D eigenvalue weighted by Crippen LogP contribution is 2.20. The van der Waals surface area contributed by atoms with Crippen molar-refractivity contribution >= 4 is 15.9 Å². The topological polar surface area (TPSA) is 84.5 Å². The molecule has 9 heteroatoms. The fourth-order valence-corrected chi connectivity index (χ4v) is 2.77. The van der Waals surface area contributed by atoms with Gasteiger partial charge in [-0.05, 0) is 37.4 Å². The van der Waals surface area contributed by atoms with E-state index in [0.717, 1.165) is 0 Å². The minimum absolute atomic E-state index is 0.0156. The molecule has 0 heterocycles. The van der Waals surface area contributed by atoms with Crippen molar-refractivity contribution < 1.29 is 26.7 Å². The molecule has 0 aliphatic rings. The van der Waals surface area contributed by atoms with E-state index in [-0.39, 0.29) is 22.8 Å². The minimum Gasteiger partial charge on any atom is -0.434 e. The molecule has 6 nitrogen and oxygen atoms in total. The largest absolute Gasteiger partial charge is 0.434 e. The average Bonchev–Trinajstić information content (AvgIpc) is 2.60. The molecular formula is C16H16F2N2O4S. The van der Waals surface area contributed by atoms with Gasteiger partial charge >= 0.3 is 6.61 Å². The summed E-state index contributed by atoms with van der Waals surface area (Å²) in [6.45, 7) is -2.98. The molecular weight excluding hydrogens is 354 g/mol. The molecule has 0 atom stereocenters. The number of para-hydroxylation sites is 1.